The first-order chi connectivity index (χ1) is 20.6. The van der Waals surface area contributed by atoms with Crippen LogP contribution in [-0.4, -0.2) is 47.3 Å². The number of phenolic OH excluding ortho intramolecular Hbond substituents is 2. The molecular weight excluding hydrogens is 528 g/mol. The van der Waals surface area contributed by atoms with E-state index in [1.165, 1.54) is 11.1 Å². The minimum atomic E-state index is -0.181. The molecule has 2 heterocycles. The number of ether oxygens (including phenoxy) is 2. The smallest absolute Gasteiger partial charge is 0.164 e. The molecule has 6 rings (SSSR count). The average Bonchev–Trinajstić information content (AvgIpc) is 3.02. The fourth-order valence-corrected chi connectivity index (χ4v) is 6.14. The molecule has 4 aromatic rings. The van der Waals surface area contributed by atoms with Crippen molar-refractivity contribution in [2.45, 2.75) is 38.3 Å². The van der Waals surface area contributed by atoms with Crippen molar-refractivity contribution in [2.75, 3.05) is 37.9 Å². The highest BCUT2D eigenvalue weighted by atomic mass is 16.5. The van der Waals surface area contributed by atoms with Gasteiger partial charge in [-0.1, -0.05) is 60.7 Å². The number of unbranched alkanes of at least 4 members (excludes halogenated alkanes) is 1. The number of para-hydroxylation sites is 4. The summed E-state index contributed by atoms with van der Waals surface area (Å²) in [4.78, 5) is 4.76. The zero-order chi connectivity index (χ0) is 29.1. The van der Waals surface area contributed by atoms with Gasteiger partial charge in [-0.25, -0.2) is 0 Å². The van der Waals surface area contributed by atoms with E-state index in [9.17, 15) is 10.2 Å². The summed E-state index contributed by atoms with van der Waals surface area (Å²) < 4.78 is 10.8. The summed E-state index contributed by atoms with van der Waals surface area (Å²) in [6, 6.07) is 28.0. The number of hydrogen-bond donors (Lipinski definition) is 4. The highest BCUT2D eigenvalue weighted by molar-refractivity contribution is 5.58. The van der Waals surface area contributed by atoms with Crippen LogP contribution in [0, 0.1) is 0 Å². The second-order valence-electron chi connectivity index (χ2n) is 10.9. The molecule has 0 bridgehead atoms. The Morgan fingerprint density at radius 1 is 0.619 bits per heavy atom. The van der Waals surface area contributed by atoms with Gasteiger partial charge in [0.1, 0.15) is 12.3 Å². The molecule has 0 saturated heterocycles. The fraction of sp³-hybridized carbons (Fsp3) is 0.294. The minimum absolute atomic E-state index is 0.167. The Labute approximate surface area is 247 Å². The summed E-state index contributed by atoms with van der Waals surface area (Å²) in [7, 11) is 3.15. The molecule has 0 aliphatic carbocycles. The molecule has 42 heavy (non-hydrogen) atoms. The van der Waals surface area contributed by atoms with Gasteiger partial charge in [-0.2, -0.15) is 0 Å². The number of nitrogens with one attached hydrogen (secondary N) is 2. The third-order valence-corrected chi connectivity index (χ3v) is 8.33. The first-order valence-corrected chi connectivity index (χ1v) is 14.5. The van der Waals surface area contributed by atoms with Crippen molar-refractivity contribution in [3.05, 3.63) is 107 Å². The first kappa shape index (κ1) is 27.8. The molecule has 2 aliphatic rings. The van der Waals surface area contributed by atoms with E-state index in [2.05, 4.69) is 56.8 Å². The molecule has 0 radical (unpaired) electrons. The van der Waals surface area contributed by atoms with E-state index in [0.717, 1.165) is 61.5 Å². The van der Waals surface area contributed by atoms with Crippen LogP contribution in [0.25, 0.3) is 0 Å². The Kier molecular flexibility index (Phi) is 8.08. The summed E-state index contributed by atoms with van der Waals surface area (Å²) >= 11 is 0. The second kappa shape index (κ2) is 12.2. The fourth-order valence-electron chi connectivity index (χ4n) is 6.14. The third-order valence-electron chi connectivity index (χ3n) is 8.33. The molecule has 0 saturated carbocycles. The van der Waals surface area contributed by atoms with Crippen molar-refractivity contribution >= 4 is 11.4 Å². The topological polar surface area (TPSA) is 89.5 Å². The SMILES string of the molecule is COc1cccc(C2Nc3ccccc3CN2CCCCN2Cc3ccccc3NC2c2cccc(OC)c2O)c1O. The van der Waals surface area contributed by atoms with Crippen LogP contribution in [0.15, 0.2) is 84.9 Å². The number of fused-ring (bicyclic) bond motifs is 2. The second-order valence-corrected chi connectivity index (χ2v) is 10.9. The van der Waals surface area contributed by atoms with E-state index in [1.807, 2.05) is 36.4 Å². The Morgan fingerprint density at radius 2 is 1.05 bits per heavy atom. The van der Waals surface area contributed by atoms with Gasteiger partial charge in [0.2, 0.25) is 0 Å². The van der Waals surface area contributed by atoms with E-state index in [4.69, 9.17) is 9.47 Å². The van der Waals surface area contributed by atoms with Gasteiger partial charge in [-0.15, -0.1) is 0 Å². The first-order valence-electron chi connectivity index (χ1n) is 14.5. The van der Waals surface area contributed by atoms with Gasteiger partial charge in [0.05, 0.1) is 14.2 Å². The Balaban J connectivity index is 1.19. The molecule has 218 valence electrons. The predicted octanol–water partition coefficient (Wildman–Crippen LogP) is 6.45. The summed E-state index contributed by atoms with van der Waals surface area (Å²) in [5, 5.41) is 29.3. The number of phenols is 2. The van der Waals surface area contributed by atoms with E-state index < -0.39 is 0 Å². The molecule has 8 nitrogen and oxygen atoms in total. The number of hydrogen-bond acceptors (Lipinski definition) is 8. The Hall–Kier alpha value is -4.40. The lowest BCUT2D eigenvalue weighted by atomic mass is 10.0. The van der Waals surface area contributed by atoms with Crippen molar-refractivity contribution < 1.29 is 19.7 Å². The number of benzene rings is 4. The van der Waals surface area contributed by atoms with Crippen molar-refractivity contribution in [1.82, 2.24) is 9.80 Å². The number of anilines is 2. The quantitative estimate of drug-likeness (QED) is 0.172. The number of nitrogens with zero attached hydrogens (tertiary/aromatic N) is 2. The van der Waals surface area contributed by atoms with Gasteiger partial charge in [0, 0.05) is 48.7 Å². The maximum absolute atomic E-state index is 11.0. The maximum atomic E-state index is 11.0. The Morgan fingerprint density at radius 3 is 1.48 bits per heavy atom. The molecule has 2 unspecified atom stereocenters. The zero-order valence-electron chi connectivity index (χ0n) is 24.1. The molecule has 0 amide bonds. The zero-order valence-corrected chi connectivity index (χ0v) is 24.1. The van der Waals surface area contributed by atoms with Crippen LogP contribution < -0.4 is 20.1 Å². The summed E-state index contributed by atoms with van der Waals surface area (Å²) in [5.74, 6) is 1.28. The van der Waals surface area contributed by atoms with Gasteiger partial charge >= 0.3 is 0 Å². The van der Waals surface area contributed by atoms with Gasteiger partial charge in [0.15, 0.2) is 23.0 Å². The summed E-state index contributed by atoms with van der Waals surface area (Å²) in [6.07, 6.45) is 1.56. The predicted molar refractivity (Wildman–Crippen MR) is 165 cm³/mol. The normalized spacial score (nSPS) is 18.3. The molecule has 2 aliphatic heterocycles. The van der Waals surface area contributed by atoms with Crippen molar-refractivity contribution in [1.29, 1.82) is 0 Å². The lowest BCUT2D eigenvalue weighted by Gasteiger charge is -2.40. The lowest BCUT2D eigenvalue weighted by Crippen LogP contribution is -2.39. The van der Waals surface area contributed by atoms with Crippen LogP contribution in [0.2, 0.25) is 0 Å². The van der Waals surface area contributed by atoms with Crippen LogP contribution in [0.5, 0.6) is 23.0 Å². The van der Waals surface area contributed by atoms with Gasteiger partial charge in [-0.3, -0.25) is 9.80 Å². The van der Waals surface area contributed by atoms with Gasteiger partial charge in [-0.05, 0) is 48.2 Å². The van der Waals surface area contributed by atoms with E-state index in [-0.39, 0.29) is 23.8 Å². The number of aromatic hydroxyl groups is 2. The highest BCUT2D eigenvalue weighted by Crippen LogP contribution is 2.42. The lowest BCUT2D eigenvalue weighted by molar-refractivity contribution is 0.168. The molecule has 0 aromatic heterocycles. The molecule has 0 fully saturated rings. The van der Waals surface area contributed by atoms with Crippen LogP contribution in [0.3, 0.4) is 0 Å². The van der Waals surface area contributed by atoms with Crippen LogP contribution in [-0.2, 0) is 13.1 Å². The third kappa shape index (κ3) is 5.43. The molecule has 8 heteroatoms. The Bertz CT molecular complexity index is 1430. The van der Waals surface area contributed by atoms with E-state index in [1.54, 1.807) is 26.4 Å². The molecule has 4 N–H and O–H groups in total. The molecule has 0 spiro atoms. The average molecular weight is 567 g/mol. The van der Waals surface area contributed by atoms with Crippen molar-refractivity contribution in [3.8, 4) is 23.0 Å². The van der Waals surface area contributed by atoms with Crippen molar-refractivity contribution in [3.63, 3.8) is 0 Å². The maximum Gasteiger partial charge on any atom is 0.164 e. The largest absolute Gasteiger partial charge is 0.504 e. The molecule has 2 atom stereocenters. The van der Waals surface area contributed by atoms with Crippen LogP contribution in [0.1, 0.15) is 47.4 Å². The van der Waals surface area contributed by atoms with Gasteiger partial charge in [0.25, 0.3) is 0 Å². The van der Waals surface area contributed by atoms with E-state index in [0.29, 0.717) is 11.5 Å². The molecular formula is C34H38N4O4. The highest BCUT2D eigenvalue weighted by Gasteiger charge is 2.31. The monoisotopic (exact) mass is 566 g/mol. The molecule has 4 aromatic carbocycles. The van der Waals surface area contributed by atoms with E-state index >= 15 is 0 Å². The van der Waals surface area contributed by atoms with Crippen molar-refractivity contribution in [2.24, 2.45) is 0 Å². The summed E-state index contributed by atoms with van der Waals surface area (Å²) in [6.45, 7) is 3.25. The number of methoxy groups -OCH3 is 2. The number of rotatable bonds is 9. The summed E-state index contributed by atoms with van der Waals surface area (Å²) in [5.41, 5.74) is 6.24. The van der Waals surface area contributed by atoms with Crippen LogP contribution >= 0.6 is 0 Å². The van der Waals surface area contributed by atoms with Gasteiger partial charge < -0.3 is 30.3 Å². The standard InChI is InChI=1S/C34H38N4O4/c1-41-29-17-9-13-25(31(29)39)33-35-27-15-5-3-11-23(27)21-37(33)19-7-8-20-38-22-24-12-4-6-16-28(24)36-34(38)26-14-10-18-30(42-2)32(26)40/h3-6,9-18,33-36,39-40H,7-8,19-22H2,1-2H3. The minimum Gasteiger partial charge on any atom is -0.504 e. The van der Waals surface area contributed by atoms with Crippen LogP contribution in [0.4, 0.5) is 11.4 Å².